The number of carbonyl (C=O) groups excluding carboxylic acids is 1. The Morgan fingerprint density at radius 3 is 2.09 bits per heavy atom. The van der Waals surface area contributed by atoms with Crippen LogP contribution in [0.15, 0.2) is 53.0 Å². The van der Waals surface area contributed by atoms with Gasteiger partial charge in [0.2, 0.25) is 0 Å². The minimum Gasteiger partial charge on any atom is -0.508 e. The molecule has 1 amide bonds. The van der Waals surface area contributed by atoms with Gasteiger partial charge in [-0.2, -0.15) is 4.99 Å². The Bertz CT molecular complexity index is 1070. The number of aliphatic imine (C=N–C) groups is 1. The van der Waals surface area contributed by atoms with Crippen molar-refractivity contribution in [3.05, 3.63) is 59.2 Å². The number of aromatic hydroxyl groups is 1. The zero-order chi connectivity index (χ0) is 22.5. The summed E-state index contributed by atoms with van der Waals surface area (Å²) < 4.78 is 0. The Morgan fingerprint density at radius 2 is 1.53 bits per heavy atom. The molecule has 32 heavy (non-hydrogen) atoms. The van der Waals surface area contributed by atoms with Gasteiger partial charge in [-0.25, -0.2) is 0 Å². The van der Waals surface area contributed by atoms with Crippen LogP contribution < -0.4 is 11.5 Å². The summed E-state index contributed by atoms with van der Waals surface area (Å²) in [5.74, 6) is 2.28. The van der Waals surface area contributed by atoms with E-state index in [1.807, 2.05) is 24.3 Å². The van der Waals surface area contributed by atoms with Crippen molar-refractivity contribution in [2.45, 2.75) is 50.9 Å². The maximum absolute atomic E-state index is 11.9. The van der Waals surface area contributed by atoms with E-state index >= 15 is 0 Å². The molecule has 4 aliphatic carbocycles. The molecule has 5 nitrogen and oxygen atoms in total. The topological polar surface area (TPSA) is 102 Å². The third-order valence-electron chi connectivity index (χ3n) is 7.80. The molecule has 4 saturated carbocycles. The van der Waals surface area contributed by atoms with Gasteiger partial charge in [-0.1, -0.05) is 30.3 Å². The average Bonchev–Trinajstić information content (AvgIpc) is 2.73. The van der Waals surface area contributed by atoms with Crippen LogP contribution in [0.3, 0.4) is 0 Å². The molecule has 5 heteroatoms. The lowest BCUT2D eigenvalue weighted by Gasteiger charge is -2.57. The van der Waals surface area contributed by atoms with Gasteiger partial charge in [-0.15, -0.1) is 0 Å². The van der Waals surface area contributed by atoms with Gasteiger partial charge in [-0.3, -0.25) is 4.79 Å². The molecular weight excluding hydrogens is 398 g/mol. The fourth-order valence-corrected chi connectivity index (χ4v) is 6.87. The van der Waals surface area contributed by atoms with Crippen molar-refractivity contribution >= 4 is 17.9 Å². The normalized spacial score (nSPS) is 28.5. The molecule has 0 aliphatic heterocycles. The molecule has 0 radical (unpaired) electrons. The van der Waals surface area contributed by atoms with Crippen molar-refractivity contribution in [3.8, 4) is 16.9 Å². The number of rotatable bonds is 4. The summed E-state index contributed by atoms with van der Waals surface area (Å²) in [7, 11) is 0. The van der Waals surface area contributed by atoms with Crippen molar-refractivity contribution < 1.29 is 9.90 Å². The van der Waals surface area contributed by atoms with Crippen LogP contribution in [0, 0.1) is 17.8 Å². The highest BCUT2D eigenvalue weighted by atomic mass is 16.3. The molecule has 5 N–H and O–H groups in total. The van der Waals surface area contributed by atoms with Crippen LogP contribution in [-0.4, -0.2) is 17.0 Å². The molecule has 166 valence electrons. The number of carbonyl (C=O) groups is 1. The lowest BCUT2D eigenvalue weighted by atomic mass is 9.48. The maximum atomic E-state index is 11.9. The van der Waals surface area contributed by atoms with Gasteiger partial charge in [0.15, 0.2) is 5.96 Å². The molecular formula is C27H31N3O2. The number of guanidine groups is 1. The van der Waals surface area contributed by atoms with Crippen LogP contribution in [0.1, 0.15) is 56.6 Å². The number of hydrogen-bond donors (Lipinski definition) is 3. The van der Waals surface area contributed by atoms with Crippen molar-refractivity contribution in [1.29, 1.82) is 0 Å². The highest BCUT2D eigenvalue weighted by Gasteiger charge is 2.52. The summed E-state index contributed by atoms with van der Waals surface area (Å²) in [6.07, 6.45) is 9.62. The lowest BCUT2D eigenvalue weighted by Crippen LogP contribution is -2.48. The molecule has 0 atom stereocenters. The number of nitrogens with two attached hydrogens (primary N) is 2. The van der Waals surface area contributed by atoms with Gasteiger partial charge in [0.1, 0.15) is 5.75 Å². The summed E-state index contributed by atoms with van der Waals surface area (Å²) in [5, 5.41) is 10.8. The predicted molar refractivity (Wildman–Crippen MR) is 128 cm³/mol. The molecule has 0 heterocycles. The van der Waals surface area contributed by atoms with Gasteiger partial charge >= 0.3 is 0 Å². The highest BCUT2D eigenvalue weighted by molar-refractivity contribution is 6.03. The summed E-state index contributed by atoms with van der Waals surface area (Å²) in [4.78, 5) is 15.5. The Morgan fingerprint density at radius 1 is 0.969 bits per heavy atom. The number of nitrogens with zero attached hydrogens (tertiary/aromatic N) is 1. The Labute approximate surface area is 189 Å². The van der Waals surface area contributed by atoms with Gasteiger partial charge < -0.3 is 16.6 Å². The Hall–Kier alpha value is -3.08. The minimum absolute atomic E-state index is 0.153. The van der Waals surface area contributed by atoms with Crippen LogP contribution in [0.2, 0.25) is 0 Å². The van der Waals surface area contributed by atoms with Crippen LogP contribution in [-0.2, 0) is 10.2 Å². The first-order valence-electron chi connectivity index (χ1n) is 11.6. The lowest BCUT2D eigenvalue weighted by molar-refractivity contribution is -0.114. The number of amides is 1. The van der Waals surface area contributed by atoms with Gasteiger partial charge in [0.25, 0.3) is 5.91 Å². The SMILES string of the molecule is C/C(=C\c1ccc(-c2ccc(O)c(C34CC5CC(CC(C5)C3)C4)c2)cc1)C(=O)N=C(N)N. The van der Waals surface area contributed by atoms with E-state index in [4.69, 9.17) is 11.5 Å². The summed E-state index contributed by atoms with van der Waals surface area (Å²) in [6, 6.07) is 14.2. The number of hydrogen-bond acceptors (Lipinski definition) is 2. The first-order chi connectivity index (χ1) is 15.3. The average molecular weight is 430 g/mol. The first-order valence-corrected chi connectivity index (χ1v) is 11.6. The van der Waals surface area contributed by atoms with E-state index in [1.165, 1.54) is 38.5 Å². The molecule has 0 spiro atoms. The fourth-order valence-electron chi connectivity index (χ4n) is 6.87. The molecule has 6 rings (SSSR count). The van der Waals surface area contributed by atoms with Crippen molar-refractivity contribution in [3.63, 3.8) is 0 Å². The van der Waals surface area contributed by atoms with E-state index in [0.717, 1.165) is 40.0 Å². The highest BCUT2D eigenvalue weighted by Crippen LogP contribution is 2.62. The molecule has 4 bridgehead atoms. The fraction of sp³-hybridized carbons (Fsp3) is 0.407. The second-order valence-corrected chi connectivity index (χ2v) is 10.2. The van der Waals surface area contributed by atoms with Gasteiger partial charge in [0.05, 0.1) is 0 Å². The minimum atomic E-state index is -0.437. The molecule has 0 aromatic heterocycles. The van der Waals surface area contributed by atoms with Crippen molar-refractivity contribution in [2.75, 3.05) is 0 Å². The Balaban J connectivity index is 1.42. The third kappa shape index (κ3) is 3.81. The molecule has 2 aromatic carbocycles. The van der Waals surface area contributed by atoms with E-state index in [9.17, 15) is 9.90 Å². The number of phenolic OH excluding ortho intramolecular Hbond substituents is 1. The zero-order valence-corrected chi connectivity index (χ0v) is 18.6. The zero-order valence-electron chi connectivity index (χ0n) is 18.6. The monoisotopic (exact) mass is 429 g/mol. The molecule has 0 saturated heterocycles. The maximum Gasteiger partial charge on any atom is 0.275 e. The summed E-state index contributed by atoms with van der Waals surface area (Å²) in [6.45, 7) is 1.69. The van der Waals surface area contributed by atoms with Crippen LogP contribution in [0.5, 0.6) is 5.75 Å². The molecule has 2 aromatic rings. The quantitative estimate of drug-likeness (QED) is 0.371. The number of benzene rings is 2. The second kappa shape index (κ2) is 7.80. The van der Waals surface area contributed by atoms with E-state index < -0.39 is 5.91 Å². The van der Waals surface area contributed by atoms with E-state index in [2.05, 4.69) is 23.2 Å². The van der Waals surface area contributed by atoms with Crippen LogP contribution >= 0.6 is 0 Å². The van der Waals surface area contributed by atoms with Crippen LogP contribution in [0.25, 0.3) is 17.2 Å². The van der Waals surface area contributed by atoms with Crippen LogP contribution in [0.4, 0.5) is 0 Å². The molecule has 4 fully saturated rings. The molecule has 0 unspecified atom stereocenters. The van der Waals surface area contributed by atoms with E-state index in [1.54, 1.807) is 13.0 Å². The first kappa shape index (κ1) is 20.8. The molecule has 4 aliphatic rings. The third-order valence-corrected chi connectivity index (χ3v) is 7.80. The number of phenols is 1. The largest absolute Gasteiger partial charge is 0.508 e. The second-order valence-electron chi connectivity index (χ2n) is 10.2. The van der Waals surface area contributed by atoms with Gasteiger partial charge in [-0.05, 0) is 104 Å². The van der Waals surface area contributed by atoms with E-state index in [-0.39, 0.29) is 11.4 Å². The van der Waals surface area contributed by atoms with E-state index in [0.29, 0.717) is 11.3 Å². The summed E-state index contributed by atoms with van der Waals surface area (Å²) >= 11 is 0. The van der Waals surface area contributed by atoms with Crippen molar-refractivity contribution in [2.24, 2.45) is 34.2 Å². The smallest absolute Gasteiger partial charge is 0.275 e. The Kier molecular flexibility index (Phi) is 5.07. The standard InChI is InChI=1S/C27H31N3O2/c1-16(25(32)30-26(28)29)8-17-2-4-21(5-3-17)22-6-7-24(31)23(12-22)27-13-18-9-19(14-27)11-20(10-18)15-27/h2-8,12,18-20,31H,9-11,13-15H2,1H3,(H4,28,29,30,32)/b16-8+. The predicted octanol–water partition coefficient (Wildman–Crippen LogP) is 4.73. The van der Waals surface area contributed by atoms with Gasteiger partial charge in [0, 0.05) is 11.1 Å². The summed E-state index contributed by atoms with van der Waals surface area (Å²) in [5.41, 5.74) is 15.5. The van der Waals surface area contributed by atoms with Crippen molar-refractivity contribution in [1.82, 2.24) is 0 Å².